The molecule has 1 atom stereocenters. The molecule has 4 heteroatoms. The van der Waals surface area contributed by atoms with Gasteiger partial charge in [-0.1, -0.05) is 114 Å². The van der Waals surface area contributed by atoms with Crippen molar-refractivity contribution in [2.24, 2.45) is 0 Å². The number of hydrogen-bond acceptors (Lipinski definition) is 4. The van der Waals surface area contributed by atoms with Gasteiger partial charge in [-0.3, -0.25) is 4.90 Å². The highest BCUT2D eigenvalue weighted by atomic mass is 16.3. The monoisotopic (exact) mass is 550 g/mol. The zero-order valence-electron chi connectivity index (χ0n) is 27.7. The summed E-state index contributed by atoms with van der Waals surface area (Å²) in [4.78, 5) is 2.55. The standard InChI is InChI=1S/C36H58N2O2/c1-33(2,3)26-17-24(31(39)29(19-26)35(7,8)9)21-37-22-28-15-13-14-16-38(28)23-25-18-27(34(4,5)6)20-30(32(25)40)36(10,11)12/h17-20,28,37,39-40H,13-16,21-23H2,1-12H3. The summed E-state index contributed by atoms with van der Waals surface area (Å²) in [7, 11) is 0. The summed E-state index contributed by atoms with van der Waals surface area (Å²) in [6.07, 6.45) is 3.55. The summed E-state index contributed by atoms with van der Waals surface area (Å²) in [5.41, 5.74) is 6.37. The Balaban J connectivity index is 1.83. The Labute approximate surface area is 245 Å². The number of phenols is 2. The van der Waals surface area contributed by atoms with Crippen molar-refractivity contribution in [3.8, 4) is 11.5 Å². The number of nitrogens with zero attached hydrogens (tertiary/aromatic N) is 1. The van der Waals surface area contributed by atoms with Crippen molar-refractivity contribution < 1.29 is 10.2 Å². The Hall–Kier alpha value is -2.04. The molecule has 0 amide bonds. The zero-order chi connectivity index (χ0) is 30.3. The van der Waals surface area contributed by atoms with Gasteiger partial charge in [0.25, 0.3) is 0 Å². The van der Waals surface area contributed by atoms with E-state index in [0.717, 1.165) is 48.3 Å². The number of benzene rings is 2. The quantitative estimate of drug-likeness (QED) is 0.338. The summed E-state index contributed by atoms with van der Waals surface area (Å²) >= 11 is 0. The van der Waals surface area contributed by atoms with Crippen LogP contribution in [0.1, 0.15) is 136 Å². The van der Waals surface area contributed by atoms with Crippen LogP contribution in [0.5, 0.6) is 11.5 Å². The molecule has 2 aromatic carbocycles. The first-order chi connectivity index (χ1) is 18.2. The number of piperidine rings is 1. The number of aromatic hydroxyl groups is 2. The molecule has 1 aliphatic heterocycles. The number of rotatable bonds is 6. The molecule has 40 heavy (non-hydrogen) atoms. The van der Waals surface area contributed by atoms with Crippen molar-refractivity contribution in [1.29, 1.82) is 0 Å². The SMILES string of the molecule is CC(C)(C)c1cc(CNCC2CCCCN2Cc2cc(C(C)(C)C)cc(C(C)(C)C)c2O)c(O)c(C(C)(C)C)c1. The maximum absolute atomic E-state index is 11.4. The van der Waals surface area contributed by atoms with Crippen LogP contribution in [0.2, 0.25) is 0 Å². The fourth-order valence-electron chi connectivity index (χ4n) is 5.75. The first kappa shape index (κ1) is 32.5. The molecule has 1 fully saturated rings. The van der Waals surface area contributed by atoms with Gasteiger partial charge in [0.2, 0.25) is 0 Å². The van der Waals surface area contributed by atoms with Gasteiger partial charge in [-0.25, -0.2) is 0 Å². The molecule has 0 aliphatic carbocycles. The third kappa shape index (κ3) is 7.82. The molecule has 1 saturated heterocycles. The third-order valence-corrected chi connectivity index (χ3v) is 8.54. The summed E-state index contributed by atoms with van der Waals surface area (Å²) in [5.74, 6) is 0.878. The molecule has 0 spiro atoms. The van der Waals surface area contributed by atoms with E-state index in [2.05, 4.69) is 118 Å². The average molecular weight is 551 g/mol. The van der Waals surface area contributed by atoms with Crippen LogP contribution in [0.25, 0.3) is 0 Å². The van der Waals surface area contributed by atoms with Gasteiger partial charge < -0.3 is 15.5 Å². The third-order valence-electron chi connectivity index (χ3n) is 8.54. The molecule has 2 aromatic rings. The van der Waals surface area contributed by atoms with Crippen LogP contribution in [0.15, 0.2) is 24.3 Å². The summed E-state index contributed by atoms with van der Waals surface area (Å²) < 4.78 is 0. The highest BCUT2D eigenvalue weighted by molar-refractivity contribution is 5.50. The molecule has 3 N–H and O–H groups in total. The molecule has 4 nitrogen and oxygen atoms in total. The van der Waals surface area contributed by atoms with Crippen molar-refractivity contribution in [1.82, 2.24) is 10.2 Å². The predicted octanol–water partition coefficient (Wildman–Crippen LogP) is 8.43. The summed E-state index contributed by atoms with van der Waals surface area (Å²) in [6, 6.07) is 9.19. The maximum atomic E-state index is 11.4. The van der Waals surface area contributed by atoms with Gasteiger partial charge >= 0.3 is 0 Å². The van der Waals surface area contributed by atoms with Crippen LogP contribution in [-0.4, -0.2) is 34.2 Å². The molecular weight excluding hydrogens is 492 g/mol. The molecular formula is C36H58N2O2. The molecule has 0 radical (unpaired) electrons. The lowest BCUT2D eigenvalue weighted by atomic mass is 9.78. The molecule has 3 rings (SSSR count). The second-order valence-corrected chi connectivity index (χ2v) is 16.3. The lowest BCUT2D eigenvalue weighted by Crippen LogP contribution is -2.45. The van der Waals surface area contributed by atoms with Crippen LogP contribution < -0.4 is 5.32 Å². The lowest BCUT2D eigenvalue weighted by molar-refractivity contribution is 0.136. The minimum atomic E-state index is -0.129. The van der Waals surface area contributed by atoms with E-state index < -0.39 is 0 Å². The van der Waals surface area contributed by atoms with Crippen LogP contribution in [0.4, 0.5) is 0 Å². The van der Waals surface area contributed by atoms with Gasteiger partial charge in [-0.15, -0.1) is 0 Å². The Morgan fingerprint density at radius 1 is 0.675 bits per heavy atom. The molecule has 1 aliphatic rings. The van der Waals surface area contributed by atoms with E-state index in [9.17, 15) is 10.2 Å². The average Bonchev–Trinajstić information content (AvgIpc) is 2.79. The largest absolute Gasteiger partial charge is 0.507 e. The number of likely N-dealkylation sites (tertiary alicyclic amines) is 1. The lowest BCUT2D eigenvalue weighted by Gasteiger charge is -2.37. The Kier molecular flexibility index (Phi) is 9.48. The van der Waals surface area contributed by atoms with Gasteiger partial charge in [0, 0.05) is 36.8 Å². The van der Waals surface area contributed by atoms with Gasteiger partial charge in [-0.05, 0) is 63.3 Å². The van der Waals surface area contributed by atoms with E-state index in [1.165, 1.54) is 24.0 Å². The van der Waals surface area contributed by atoms with Gasteiger partial charge in [0.15, 0.2) is 0 Å². The van der Waals surface area contributed by atoms with E-state index in [1.54, 1.807) is 0 Å². The van der Waals surface area contributed by atoms with E-state index >= 15 is 0 Å². The van der Waals surface area contributed by atoms with Crippen LogP contribution in [-0.2, 0) is 34.7 Å². The second kappa shape index (κ2) is 11.7. The van der Waals surface area contributed by atoms with Crippen molar-refractivity contribution in [3.05, 3.63) is 57.6 Å². The fourth-order valence-corrected chi connectivity index (χ4v) is 5.75. The summed E-state index contributed by atoms with van der Waals surface area (Å²) in [6.45, 7) is 29.8. The first-order valence-electron chi connectivity index (χ1n) is 15.4. The number of hydrogen-bond donors (Lipinski definition) is 3. The van der Waals surface area contributed by atoms with Crippen molar-refractivity contribution >= 4 is 0 Å². The normalized spacial score (nSPS) is 17.9. The van der Waals surface area contributed by atoms with E-state index in [1.807, 2.05) is 0 Å². The van der Waals surface area contributed by atoms with Crippen molar-refractivity contribution in [2.45, 2.75) is 143 Å². The molecule has 0 bridgehead atoms. The molecule has 224 valence electrons. The predicted molar refractivity (Wildman–Crippen MR) is 171 cm³/mol. The molecule has 1 unspecified atom stereocenters. The highest BCUT2D eigenvalue weighted by Gasteiger charge is 2.29. The first-order valence-corrected chi connectivity index (χ1v) is 15.4. The van der Waals surface area contributed by atoms with Crippen LogP contribution >= 0.6 is 0 Å². The number of phenolic OH excluding ortho intramolecular Hbond substituents is 2. The smallest absolute Gasteiger partial charge is 0.123 e. The Bertz CT molecular complexity index is 1170. The van der Waals surface area contributed by atoms with Crippen LogP contribution in [0.3, 0.4) is 0 Å². The van der Waals surface area contributed by atoms with E-state index in [4.69, 9.17) is 0 Å². The van der Waals surface area contributed by atoms with E-state index in [0.29, 0.717) is 24.1 Å². The summed E-state index contributed by atoms with van der Waals surface area (Å²) in [5, 5.41) is 26.3. The Morgan fingerprint density at radius 3 is 1.62 bits per heavy atom. The topological polar surface area (TPSA) is 55.7 Å². The van der Waals surface area contributed by atoms with Crippen molar-refractivity contribution in [3.63, 3.8) is 0 Å². The van der Waals surface area contributed by atoms with E-state index in [-0.39, 0.29) is 21.7 Å². The van der Waals surface area contributed by atoms with Crippen LogP contribution in [0, 0.1) is 0 Å². The minimum absolute atomic E-state index is 0.0120. The highest BCUT2D eigenvalue weighted by Crippen LogP contribution is 2.40. The zero-order valence-corrected chi connectivity index (χ0v) is 27.7. The molecule has 0 aromatic heterocycles. The molecule has 1 heterocycles. The van der Waals surface area contributed by atoms with Crippen molar-refractivity contribution in [2.75, 3.05) is 13.1 Å². The maximum Gasteiger partial charge on any atom is 0.123 e. The Morgan fingerprint density at radius 2 is 1.15 bits per heavy atom. The van der Waals surface area contributed by atoms with Gasteiger partial charge in [0.1, 0.15) is 11.5 Å². The fraction of sp³-hybridized carbons (Fsp3) is 0.667. The second-order valence-electron chi connectivity index (χ2n) is 16.3. The minimum Gasteiger partial charge on any atom is -0.507 e. The molecule has 0 saturated carbocycles. The number of nitrogens with one attached hydrogen (secondary N) is 1. The van der Waals surface area contributed by atoms with Gasteiger partial charge in [0.05, 0.1) is 0 Å². The van der Waals surface area contributed by atoms with Gasteiger partial charge in [-0.2, -0.15) is 0 Å².